The molecule has 2 rings (SSSR count). The Labute approximate surface area is 116 Å². The lowest BCUT2D eigenvalue weighted by Crippen LogP contribution is -2.50. The summed E-state index contributed by atoms with van der Waals surface area (Å²) < 4.78 is 6.04. The van der Waals surface area contributed by atoms with E-state index in [1.165, 1.54) is 0 Å². The van der Waals surface area contributed by atoms with Gasteiger partial charge in [-0.3, -0.25) is 4.79 Å². The van der Waals surface area contributed by atoms with Gasteiger partial charge < -0.3 is 15.4 Å². The van der Waals surface area contributed by atoms with Crippen molar-refractivity contribution in [3.63, 3.8) is 0 Å². The highest BCUT2D eigenvalue weighted by Gasteiger charge is 2.44. The number of fused-ring (bicyclic) bond motifs is 1. The zero-order valence-electron chi connectivity index (χ0n) is 12.7. The summed E-state index contributed by atoms with van der Waals surface area (Å²) in [4.78, 5) is 14.3. The van der Waals surface area contributed by atoms with Crippen LogP contribution >= 0.6 is 0 Å². The molecule has 2 heterocycles. The van der Waals surface area contributed by atoms with E-state index in [1.54, 1.807) is 0 Å². The third kappa shape index (κ3) is 3.48. The van der Waals surface area contributed by atoms with E-state index in [9.17, 15) is 4.79 Å². The lowest BCUT2D eigenvalue weighted by Gasteiger charge is -2.35. The Bertz CT molecular complexity index is 341. The highest BCUT2D eigenvalue weighted by atomic mass is 16.5. The van der Waals surface area contributed by atoms with Gasteiger partial charge in [-0.25, -0.2) is 0 Å². The highest BCUT2D eigenvalue weighted by Crippen LogP contribution is 2.38. The SMILES string of the molecule is CC(C)C[C@H](N)C(=O)N1CC[C@@H]2OC(C)(C)C[C@@H]2C1. The van der Waals surface area contributed by atoms with Gasteiger partial charge in [0.05, 0.1) is 17.7 Å². The molecule has 0 radical (unpaired) electrons. The van der Waals surface area contributed by atoms with E-state index >= 15 is 0 Å². The molecule has 0 aromatic carbocycles. The van der Waals surface area contributed by atoms with Gasteiger partial charge in [0.2, 0.25) is 5.91 Å². The molecule has 0 unspecified atom stereocenters. The van der Waals surface area contributed by atoms with Crippen LogP contribution in [-0.4, -0.2) is 41.6 Å². The van der Waals surface area contributed by atoms with E-state index in [1.807, 2.05) is 4.90 Å². The third-order valence-electron chi connectivity index (χ3n) is 4.24. The van der Waals surface area contributed by atoms with Crippen LogP contribution in [0.2, 0.25) is 0 Å². The second-order valence-electron chi connectivity index (χ2n) is 7.19. The Morgan fingerprint density at radius 2 is 2.16 bits per heavy atom. The second-order valence-corrected chi connectivity index (χ2v) is 7.19. The number of carbonyl (C=O) groups is 1. The van der Waals surface area contributed by atoms with Gasteiger partial charge in [0.1, 0.15) is 0 Å². The molecule has 0 aromatic rings. The Morgan fingerprint density at radius 3 is 2.79 bits per heavy atom. The third-order valence-corrected chi connectivity index (χ3v) is 4.24. The minimum atomic E-state index is -0.341. The van der Waals surface area contributed by atoms with Gasteiger partial charge in [0.25, 0.3) is 0 Å². The summed E-state index contributed by atoms with van der Waals surface area (Å²) in [5.74, 6) is 1.07. The number of ether oxygens (including phenoxy) is 1. The van der Waals surface area contributed by atoms with Gasteiger partial charge in [0.15, 0.2) is 0 Å². The van der Waals surface area contributed by atoms with E-state index in [-0.39, 0.29) is 17.6 Å². The van der Waals surface area contributed by atoms with Gasteiger partial charge in [-0.15, -0.1) is 0 Å². The molecule has 1 amide bonds. The van der Waals surface area contributed by atoms with Crippen molar-refractivity contribution in [2.45, 2.75) is 64.7 Å². The lowest BCUT2D eigenvalue weighted by atomic mass is 9.89. The molecule has 0 bridgehead atoms. The zero-order chi connectivity index (χ0) is 14.2. The smallest absolute Gasteiger partial charge is 0.239 e. The first-order valence-electron chi connectivity index (χ1n) is 7.50. The van der Waals surface area contributed by atoms with Gasteiger partial charge >= 0.3 is 0 Å². The number of piperidine rings is 1. The summed E-state index contributed by atoms with van der Waals surface area (Å²) in [5.41, 5.74) is 5.98. The van der Waals surface area contributed by atoms with Crippen LogP contribution in [0.4, 0.5) is 0 Å². The van der Waals surface area contributed by atoms with E-state index < -0.39 is 0 Å². The predicted molar refractivity (Wildman–Crippen MR) is 75.7 cm³/mol. The molecule has 0 aromatic heterocycles. The number of likely N-dealkylation sites (tertiary alicyclic amines) is 1. The molecule has 110 valence electrons. The van der Waals surface area contributed by atoms with Crippen molar-refractivity contribution in [3.05, 3.63) is 0 Å². The summed E-state index contributed by atoms with van der Waals surface area (Å²) >= 11 is 0. The maximum absolute atomic E-state index is 12.3. The first-order chi connectivity index (χ1) is 8.78. The van der Waals surface area contributed by atoms with Crippen LogP contribution < -0.4 is 5.73 Å². The number of rotatable bonds is 3. The summed E-state index contributed by atoms with van der Waals surface area (Å²) in [6, 6.07) is -0.341. The van der Waals surface area contributed by atoms with Crippen molar-refractivity contribution < 1.29 is 9.53 Å². The molecule has 4 nitrogen and oxygen atoms in total. The Morgan fingerprint density at radius 1 is 1.47 bits per heavy atom. The summed E-state index contributed by atoms with van der Waals surface area (Å²) in [7, 11) is 0. The molecule has 0 spiro atoms. The fourth-order valence-corrected chi connectivity index (χ4v) is 3.49. The normalized spacial score (nSPS) is 31.4. The highest BCUT2D eigenvalue weighted by molar-refractivity contribution is 5.81. The van der Waals surface area contributed by atoms with Crippen molar-refractivity contribution in [2.24, 2.45) is 17.6 Å². The van der Waals surface area contributed by atoms with Crippen LogP contribution in [0.1, 0.15) is 47.0 Å². The van der Waals surface area contributed by atoms with Crippen LogP contribution in [0.15, 0.2) is 0 Å². The quantitative estimate of drug-likeness (QED) is 0.849. The summed E-state index contributed by atoms with van der Waals surface area (Å²) in [5, 5.41) is 0. The summed E-state index contributed by atoms with van der Waals surface area (Å²) in [6.07, 6.45) is 3.10. The number of carbonyl (C=O) groups excluding carboxylic acids is 1. The molecule has 0 saturated carbocycles. The van der Waals surface area contributed by atoms with E-state index in [0.29, 0.717) is 17.9 Å². The fourth-order valence-electron chi connectivity index (χ4n) is 3.49. The van der Waals surface area contributed by atoms with Crippen LogP contribution in [0.25, 0.3) is 0 Å². The van der Waals surface area contributed by atoms with Crippen molar-refractivity contribution in [1.82, 2.24) is 4.90 Å². The molecule has 2 aliphatic heterocycles. The van der Waals surface area contributed by atoms with Gasteiger partial charge in [0, 0.05) is 19.0 Å². The van der Waals surface area contributed by atoms with Crippen LogP contribution in [-0.2, 0) is 9.53 Å². The minimum Gasteiger partial charge on any atom is -0.372 e. The number of nitrogens with zero attached hydrogens (tertiary/aromatic N) is 1. The Hall–Kier alpha value is -0.610. The van der Waals surface area contributed by atoms with Gasteiger partial charge in [-0.2, -0.15) is 0 Å². The molecule has 2 saturated heterocycles. The average Bonchev–Trinajstić information content (AvgIpc) is 2.59. The van der Waals surface area contributed by atoms with E-state index in [0.717, 1.165) is 32.4 Å². The van der Waals surface area contributed by atoms with Crippen molar-refractivity contribution >= 4 is 5.91 Å². The van der Waals surface area contributed by atoms with Crippen molar-refractivity contribution in [2.75, 3.05) is 13.1 Å². The van der Waals surface area contributed by atoms with Crippen LogP contribution in [0, 0.1) is 11.8 Å². The van der Waals surface area contributed by atoms with E-state index in [4.69, 9.17) is 10.5 Å². The molecule has 4 heteroatoms. The number of hydrogen-bond acceptors (Lipinski definition) is 3. The molecular weight excluding hydrogens is 240 g/mol. The molecule has 19 heavy (non-hydrogen) atoms. The fraction of sp³-hybridized carbons (Fsp3) is 0.933. The first kappa shape index (κ1) is 14.8. The standard InChI is InChI=1S/C15H28N2O2/c1-10(2)7-12(16)14(18)17-6-5-13-11(9-17)8-15(3,4)19-13/h10-13H,5-9,16H2,1-4H3/t11-,12+,13+/m1/s1. The predicted octanol–water partition coefficient (Wildman–Crippen LogP) is 1.78. The molecule has 2 N–H and O–H groups in total. The zero-order valence-corrected chi connectivity index (χ0v) is 12.7. The topological polar surface area (TPSA) is 55.6 Å². The number of nitrogens with two attached hydrogens (primary N) is 1. The first-order valence-corrected chi connectivity index (χ1v) is 7.50. The number of hydrogen-bond donors (Lipinski definition) is 1. The molecule has 2 aliphatic rings. The average molecular weight is 268 g/mol. The molecule has 3 atom stereocenters. The van der Waals surface area contributed by atoms with Gasteiger partial charge in [-0.05, 0) is 39.0 Å². The largest absolute Gasteiger partial charge is 0.372 e. The van der Waals surface area contributed by atoms with Crippen LogP contribution in [0.3, 0.4) is 0 Å². The maximum atomic E-state index is 12.3. The lowest BCUT2D eigenvalue weighted by molar-refractivity contribution is -0.136. The summed E-state index contributed by atoms with van der Waals surface area (Å²) in [6.45, 7) is 10.1. The molecule has 0 aliphatic carbocycles. The monoisotopic (exact) mass is 268 g/mol. The Kier molecular flexibility index (Phi) is 4.21. The number of amides is 1. The maximum Gasteiger partial charge on any atom is 0.239 e. The van der Waals surface area contributed by atoms with Gasteiger partial charge in [-0.1, -0.05) is 13.8 Å². The Balaban J connectivity index is 1.92. The minimum absolute atomic E-state index is 0.0333. The van der Waals surface area contributed by atoms with Crippen LogP contribution in [0.5, 0.6) is 0 Å². The van der Waals surface area contributed by atoms with E-state index in [2.05, 4.69) is 27.7 Å². The van der Waals surface area contributed by atoms with Crippen molar-refractivity contribution in [3.8, 4) is 0 Å². The molecule has 2 fully saturated rings. The second kappa shape index (κ2) is 5.41. The molecular formula is C15H28N2O2. The van der Waals surface area contributed by atoms with Crippen molar-refractivity contribution in [1.29, 1.82) is 0 Å².